The summed E-state index contributed by atoms with van der Waals surface area (Å²) in [5, 5.41) is 3.15. The molecule has 2 aromatic rings. The molecule has 172 valence electrons. The maximum atomic E-state index is 13.6. The van der Waals surface area contributed by atoms with E-state index in [1.165, 1.54) is 0 Å². The van der Waals surface area contributed by atoms with Crippen molar-refractivity contribution in [1.82, 2.24) is 15.2 Å². The predicted molar refractivity (Wildman–Crippen MR) is 129 cm³/mol. The summed E-state index contributed by atoms with van der Waals surface area (Å²) in [5.41, 5.74) is 2.61. The number of pyridine rings is 1. The maximum Gasteiger partial charge on any atom is 0.228 e. The fraction of sp³-hybridized carbons (Fsp3) is 0.519. The van der Waals surface area contributed by atoms with Gasteiger partial charge in [-0.05, 0) is 67.3 Å². The van der Waals surface area contributed by atoms with Crippen molar-refractivity contribution in [2.45, 2.75) is 66.3 Å². The van der Waals surface area contributed by atoms with Crippen molar-refractivity contribution in [3.05, 3.63) is 54.4 Å². The largest absolute Gasteiger partial charge is 0.353 e. The lowest BCUT2D eigenvalue weighted by atomic mass is 9.72. The first-order valence-electron chi connectivity index (χ1n) is 11.7. The molecule has 0 radical (unpaired) electrons. The summed E-state index contributed by atoms with van der Waals surface area (Å²) in [6.07, 6.45) is 6.28. The van der Waals surface area contributed by atoms with Crippen molar-refractivity contribution in [2.75, 3.05) is 13.1 Å². The monoisotopic (exact) mass is 435 g/mol. The SMILES string of the molecule is CC(C)NC(=O)[C@]1(Cc2ccccc2-c2ccncc2)CCCN(C(=O)CC(C)(C)C)C1. The summed E-state index contributed by atoms with van der Waals surface area (Å²) in [5.74, 6) is 0.187. The zero-order valence-corrected chi connectivity index (χ0v) is 20.1. The Balaban J connectivity index is 1.96. The molecule has 0 aliphatic carbocycles. The second-order valence-corrected chi connectivity index (χ2v) is 10.6. The average Bonchev–Trinajstić information content (AvgIpc) is 2.73. The number of carbonyl (C=O) groups excluding carboxylic acids is 2. The van der Waals surface area contributed by atoms with Gasteiger partial charge in [-0.1, -0.05) is 45.0 Å². The quantitative estimate of drug-likeness (QED) is 0.705. The number of hydrogen-bond acceptors (Lipinski definition) is 3. The van der Waals surface area contributed by atoms with Crippen LogP contribution in [-0.2, 0) is 16.0 Å². The second kappa shape index (κ2) is 9.85. The number of aromatic nitrogens is 1. The van der Waals surface area contributed by atoms with Gasteiger partial charge in [0.25, 0.3) is 0 Å². The first-order chi connectivity index (χ1) is 15.1. The summed E-state index contributed by atoms with van der Waals surface area (Å²) >= 11 is 0. The normalized spacial score (nSPS) is 19.1. The minimum Gasteiger partial charge on any atom is -0.353 e. The highest BCUT2D eigenvalue weighted by Crippen LogP contribution is 2.38. The Hall–Kier alpha value is -2.69. The van der Waals surface area contributed by atoms with E-state index in [0.29, 0.717) is 19.4 Å². The zero-order valence-electron chi connectivity index (χ0n) is 20.1. The number of piperidine rings is 1. The van der Waals surface area contributed by atoms with E-state index >= 15 is 0 Å². The summed E-state index contributed by atoms with van der Waals surface area (Å²) in [7, 11) is 0. The van der Waals surface area contributed by atoms with Gasteiger partial charge in [0, 0.05) is 37.9 Å². The average molecular weight is 436 g/mol. The summed E-state index contributed by atoms with van der Waals surface area (Å²) < 4.78 is 0. The van der Waals surface area contributed by atoms with Crippen molar-refractivity contribution in [2.24, 2.45) is 10.8 Å². The van der Waals surface area contributed by atoms with Gasteiger partial charge in [-0.2, -0.15) is 0 Å². The van der Waals surface area contributed by atoms with Crippen LogP contribution < -0.4 is 5.32 Å². The third-order valence-electron chi connectivity index (χ3n) is 6.05. The summed E-state index contributed by atoms with van der Waals surface area (Å²) in [4.78, 5) is 32.7. The van der Waals surface area contributed by atoms with Crippen LogP contribution in [-0.4, -0.2) is 40.8 Å². The van der Waals surface area contributed by atoms with Crippen LogP contribution in [0.15, 0.2) is 48.8 Å². The van der Waals surface area contributed by atoms with Crippen molar-refractivity contribution in [3.8, 4) is 11.1 Å². The number of carbonyl (C=O) groups is 2. The molecule has 0 spiro atoms. The Morgan fingerprint density at radius 2 is 1.81 bits per heavy atom. The molecule has 1 aliphatic rings. The maximum absolute atomic E-state index is 13.6. The van der Waals surface area contributed by atoms with E-state index in [4.69, 9.17) is 0 Å². The standard InChI is InChI=1S/C27H37N3O2/c1-20(2)29-25(32)27(13-8-16-30(19-27)24(31)18-26(3,4)5)17-22-9-6-7-10-23(22)21-11-14-28-15-12-21/h6-7,9-12,14-15,20H,8,13,16-19H2,1-5H3,(H,29,32)/t27-/m0/s1. The molecule has 0 unspecified atom stereocenters. The third-order valence-corrected chi connectivity index (χ3v) is 6.05. The van der Waals surface area contributed by atoms with Crippen LogP contribution in [0.25, 0.3) is 11.1 Å². The van der Waals surface area contributed by atoms with E-state index in [2.05, 4.69) is 43.2 Å². The minimum absolute atomic E-state index is 0.0466. The van der Waals surface area contributed by atoms with E-state index in [0.717, 1.165) is 36.1 Å². The lowest BCUT2D eigenvalue weighted by molar-refractivity contribution is -0.143. The van der Waals surface area contributed by atoms with E-state index in [9.17, 15) is 9.59 Å². The van der Waals surface area contributed by atoms with Crippen LogP contribution in [0.1, 0.15) is 59.4 Å². The molecule has 1 fully saturated rings. The molecule has 5 nitrogen and oxygen atoms in total. The fourth-order valence-corrected chi connectivity index (χ4v) is 4.59. The third kappa shape index (κ3) is 5.96. The van der Waals surface area contributed by atoms with Crippen molar-refractivity contribution in [1.29, 1.82) is 0 Å². The van der Waals surface area contributed by atoms with Gasteiger partial charge >= 0.3 is 0 Å². The number of amides is 2. The van der Waals surface area contributed by atoms with Crippen LogP contribution in [0.5, 0.6) is 0 Å². The molecule has 1 aromatic carbocycles. The molecule has 1 N–H and O–H groups in total. The molecule has 5 heteroatoms. The van der Waals surface area contributed by atoms with Crippen LogP contribution in [0.4, 0.5) is 0 Å². The van der Waals surface area contributed by atoms with Gasteiger partial charge in [-0.3, -0.25) is 14.6 Å². The van der Waals surface area contributed by atoms with E-state index in [1.807, 2.05) is 43.0 Å². The predicted octanol–water partition coefficient (Wildman–Crippen LogP) is 4.86. The Morgan fingerprint density at radius 3 is 2.47 bits per heavy atom. The first-order valence-corrected chi connectivity index (χ1v) is 11.7. The van der Waals surface area contributed by atoms with Gasteiger partial charge in [0.1, 0.15) is 0 Å². The fourth-order valence-electron chi connectivity index (χ4n) is 4.59. The first kappa shape index (κ1) is 24.0. The summed E-state index contributed by atoms with van der Waals surface area (Å²) in [6, 6.07) is 12.3. The number of nitrogens with zero attached hydrogens (tertiary/aromatic N) is 2. The van der Waals surface area contributed by atoms with Gasteiger partial charge in [-0.25, -0.2) is 0 Å². The van der Waals surface area contributed by atoms with Crippen LogP contribution in [0.3, 0.4) is 0 Å². The summed E-state index contributed by atoms with van der Waals surface area (Å²) in [6.45, 7) is 11.4. The lowest BCUT2D eigenvalue weighted by Crippen LogP contribution is -2.55. The number of likely N-dealkylation sites (tertiary alicyclic amines) is 1. The Labute approximate surface area is 192 Å². The van der Waals surface area contributed by atoms with Gasteiger partial charge in [0.15, 0.2) is 0 Å². The molecule has 1 aliphatic heterocycles. The minimum atomic E-state index is -0.640. The van der Waals surface area contributed by atoms with Crippen molar-refractivity contribution >= 4 is 11.8 Å². The number of rotatable bonds is 6. The van der Waals surface area contributed by atoms with Gasteiger partial charge in [0.2, 0.25) is 11.8 Å². The molecule has 32 heavy (non-hydrogen) atoms. The molecule has 3 rings (SSSR count). The van der Waals surface area contributed by atoms with Crippen molar-refractivity contribution in [3.63, 3.8) is 0 Å². The molecule has 0 bridgehead atoms. The molecule has 1 atom stereocenters. The van der Waals surface area contributed by atoms with Crippen LogP contribution in [0.2, 0.25) is 0 Å². The Morgan fingerprint density at radius 1 is 1.12 bits per heavy atom. The van der Waals surface area contributed by atoms with E-state index < -0.39 is 5.41 Å². The van der Waals surface area contributed by atoms with E-state index in [1.54, 1.807) is 12.4 Å². The van der Waals surface area contributed by atoms with Crippen LogP contribution >= 0.6 is 0 Å². The highest BCUT2D eigenvalue weighted by atomic mass is 16.2. The topological polar surface area (TPSA) is 62.3 Å². The molecule has 2 amide bonds. The molecule has 1 aromatic heterocycles. The van der Waals surface area contributed by atoms with Gasteiger partial charge < -0.3 is 10.2 Å². The highest BCUT2D eigenvalue weighted by molar-refractivity contribution is 5.86. The molecule has 2 heterocycles. The smallest absolute Gasteiger partial charge is 0.228 e. The molecular weight excluding hydrogens is 398 g/mol. The zero-order chi connectivity index (χ0) is 23.4. The number of hydrogen-bond donors (Lipinski definition) is 1. The lowest BCUT2D eigenvalue weighted by Gasteiger charge is -2.43. The number of benzene rings is 1. The second-order valence-electron chi connectivity index (χ2n) is 10.6. The van der Waals surface area contributed by atoms with Crippen molar-refractivity contribution < 1.29 is 9.59 Å². The molecule has 0 saturated carbocycles. The van der Waals surface area contributed by atoms with E-state index in [-0.39, 0.29) is 23.3 Å². The number of nitrogens with one attached hydrogen (secondary N) is 1. The van der Waals surface area contributed by atoms with Gasteiger partial charge in [-0.15, -0.1) is 0 Å². The Bertz CT molecular complexity index is 933. The van der Waals surface area contributed by atoms with Crippen LogP contribution in [0, 0.1) is 10.8 Å². The highest BCUT2D eigenvalue weighted by Gasteiger charge is 2.44. The molecule has 1 saturated heterocycles. The Kier molecular flexibility index (Phi) is 7.37. The van der Waals surface area contributed by atoms with Gasteiger partial charge in [0.05, 0.1) is 5.41 Å². The molecular formula is C27H37N3O2.